The summed E-state index contributed by atoms with van der Waals surface area (Å²) in [5.41, 5.74) is 1.50. The minimum Gasteiger partial charge on any atom is -0.482 e. The molecule has 1 aromatic heterocycles. The van der Waals surface area contributed by atoms with Crippen molar-refractivity contribution in [2.45, 2.75) is 0 Å². The fourth-order valence-corrected chi connectivity index (χ4v) is 2.60. The molecule has 0 spiro atoms. The van der Waals surface area contributed by atoms with Crippen molar-refractivity contribution in [2.75, 3.05) is 6.61 Å². The first kappa shape index (κ1) is 15.2. The van der Waals surface area contributed by atoms with Gasteiger partial charge in [0.05, 0.1) is 0 Å². The summed E-state index contributed by atoms with van der Waals surface area (Å²) in [4.78, 5) is 11.9. The second-order valence-corrected chi connectivity index (χ2v) is 5.47. The normalized spacial score (nSPS) is 10.9. The minimum absolute atomic E-state index is 0.268. The summed E-state index contributed by atoms with van der Waals surface area (Å²) >= 11 is 0. The molecule has 0 bridgehead atoms. The maximum atomic E-state index is 12.8. The zero-order valence-electron chi connectivity index (χ0n) is 13.1. The molecule has 0 fully saturated rings. The summed E-state index contributed by atoms with van der Waals surface area (Å²) in [5, 5.41) is 1.83. The number of benzene rings is 3. The molecular formula is C20H13FO4. The van der Waals surface area contributed by atoms with Crippen LogP contribution in [0, 0.1) is 5.82 Å². The highest BCUT2D eigenvalue weighted by atomic mass is 19.1. The van der Waals surface area contributed by atoms with Gasteiger partial charge in [0.25, 0.3) is 0 Å². The van der Waals surface area contributed by atoms with E-state index in [4.69, 9.17) is 13.9 Å². The average Bonchev–Trinajstić information content (AvgIpc) is 2.99. The predicted molar refractivity (Wildman–Crippen MR) is 91.3 cm³/mol. The number of para-hydroxylation sites is 1. The van der Waals surface area contributed by atoms with Gasteiger partial charge in [0, 0.05) is 10.8 Å². The number of carbonyl (C=O) groups is 1. The van der Waals surface area contributed by atoms with Gasteiger partial charge in [-0.3, -0.25) is 0 Å². The van der Waals surface area contributed by atoms with Gasteiger partial charge in [-0.2, -0.15) is 0 Å². The third kappa shape index (κ3) is 3.17. The highest BCUT2D eigenvalue weighted by Crippen LogP contribution is 2.31. The van der Waals surface area contributed by atoms with Crippen LogP contribution in [-0.2, 0) is 4.79 Å². The lowest BCUT2D eigenvalue weighted by atomic mass is 10.1. The lowest BCUT2D eigenvalue weighted by Crippen LogP contribution is -2.17. The Kier molecular flexibility index (Phi) is 3.82. The minimum atomic E-state index is -0.545. The van der Waals surface area contributed by atoms with Gasteiger partial charge in [-0.05, 0) is 48.5 Å². The summed E-state index contributed by atoms with van der Waals surface area (Å²) in [6.45, 7) is -0.268. The molecule has 0 aliphatic rings. The number of rotatable bonds is 4. The van der Waals surface area contributed by atoms with Crippen LogP contribution in [0.3, 0.4) is 0 Å². The van der Waals surface area contributed by atoms with E-state index in [1.54, 1.807) is 18.2 Å². The molecule has 3 aromatic carbocycles. The van der Waals surface area contributed by atoms with E-state index in [9.17, 15) is 9.18 Å². The largest absolute Gasteiger partial charge is 0.482 e. The SMILES string of the molecule is O=C(COc1ccc(F)cc1)Oc1ccc2oc3ccccc3c2c1. The summed E-state index contributed by atoms with van der Waals surface area (Å²) in [5.74, 6) is -0.103. The molecule has 124 valence electrons. The first-order chi connectivity index (χ1) is 12.2. The Morgan fingerprint density at radius 1 is 0.880 bits per heavy atom. The van der Waals surface area contributed by atoms with E-state index in [0.29, 0.717) is 11.5 Å². The molecule has 5 heteroatoms. The van der Waals surface area contributed by atoms with Crippen LogP contribution in [-0.4, -0.2) is 12.6 Å². The van der Waals surface area contributed by atoms with Crippen molar-refractivity contribution in [3.05, 3.63) is 72.5 Å². The van der Waals surface area contributed by atoms with E-state index in [2.05, 4.69) is 0 Å². The molecule has 0 aliphatic carbocycles. The molecule has 0 unspecified atom stereocenters. The van der Waals surface area contributed by atoms with Crippen molar-refractivity contribution in [3.8, 4) is 11.5 Å². The van der Waals surface area contributed by atoms with Crippen molar-refractivity contribution in [1.29, 1.82) is 0 Å². The maximum absolute atomic E-state index is 12.8. The second kappa shape index (κ2) is 6.28. The number of hydrogen-bond donors (Lipinski definition) is 0. The number of halogens is 1. The molecule has 0 aliphatic heterocycles. The quantitative estimate of drug-likeness (QED) is 0.400. The van der Waals surface area contributed by atoms with Gasteiger partial charge in [0.15, 0.2) is 6.61 Å². The predicted octanol–water partition coefficient (Wildman–Crippen LogP) is 4.71. The Balaban J connectivity index is 1.49. The number of hydrogen-bond acceptors (Lipinski definition) is 4. The van der Waals surface area contributed by atoms with Gasteiger partial charge in [-0.1, -0.05) is 18.2 Å². The molecule has 0 saturated heterocycles. The third-order valence-corrected chi connectivity index (χ3v) is 3.75. The first-order valence-electron chi connectivity index (χ1n) is 7.69. The highest BCUT2D eigenvalue weighted by Gasteiger charge is 2.10. The number of fused-ring (bicyclic) bond motifs is 3. The summed E-state index contributed by atoms with van der Waals surface area (Å²) in [7, 11) is 0. The van der Waals surface area contributed by atoms with E-state index < -0.39 is 5.97 Å². The van der Waals surface area contributed by atoms with Crippen LogP contribution in [0.5, 0.6) is 11.5 Å². The van der Waals surface area contributed by atoms with Crippen LogP contribution < -0.4 is 9.47 Å². The summed E-state index contributed by atoms with van der Waals surface area (Å²) in [6.07, 6.45) is 0. The van der Waals surface area contributed by atoms with Gasteiger partial charge in [-0.15, -0.1) is 0 Å². The van der Waals surface area contributed by atoms with E-state index in [-0.39, 0.29) is 12.4 Å². The molecule has 0 amide bonds. The zero-order valence-corrected chi connectivity index (χ0v) is 13.1. The van der Waals surface area contributed by atoms with Gasteiger partial charge < -0.3 is 13.9 Å². The van der Waals surface area contributed by atoms with Crippen molar-refractivity contribution in [1.82, 2.24) is 0 Å². The van der Waals surface area contributed by atoms with Crippen LogP contribution in [0.25, 0.3) is 21.9 Å². The lowest BCUT2D eigenvalue weighted by Gasteiger charge is -2.06. The van der Waals surface area contributed by atoms with E-state index in [1.165, 1.54) is 24.3 Å². The Hall–Kier alpha value is -3.34. The van der Waals surface area contributed by atoms with E-state index in [1.807, 2.05) is 24.3 Å². The lowest BCUT2D eigenvalue weighted by molar-refractivity contribution is -0.136. The molecule has 1 heterocycles. The fourth-order valence-electron chi connectivity index (χ4n) is 2.60. The smallest absolute Gasteiger partial charge is 0.349 e. The third-order valence-electron chi connectivity index (χ3n) is 3.75. The maximum Gasteiger partial charge on any atom is 0.349 e. The Morgan fingerprint density at radius 2 is 1.60 bits per heavy atom. The van der Waals surface area contributed by atoms with Crippen molar-refractivity contribution in [2.24, 2.45) is 0 Å². The average molecular weight is 336 g/mol. The van der Waals surface area contributed by atoms with Gasteiger partial charge in [-0.25, -0.2) is 9.18 Å². The molecule has 4 rings (SSSR count). The van der Waals surface area contributed by atoms with E-state index >= 15 is 0 Å². The summed E-state index contributed by atoms with van der Waals surface area (Å²) in [6, 6.07) is 18.3. The standard InChI is InChI=1S/C20H13FO4/c21-13-5-7-14(8-6-13)23-12-20(22)24-15-9-10-19-17(11-15)16-3-1-2-4-18(16)25-19/h1-11H,12H2. The van der Waals surface area contributed by atoms with Crippen LogP contribution in [0.15, 0.2) is 71.1 Å². The molecule has 0 saturated carbocycles. The zero-order chi connectivity index (χ0) is 17.2. The summed E-state index contributed by atoms with van der Waals surface area (Å²) < 4.78 is 29.1. The van der Waals surface area contributed by atoms with Crippen LogP contribution >= 0.6 is 0 Å². The van der Waals surface area contributed by atoms with Gasteiger partial charge in [0.2, 0.25) is 0 Å². The highest BCUT2D eigenvalue weighted by molar-refractivity contribution is 6.05. The second-order valence-electron chi connectivity index (χ2n) is 5.47. The molecule has 0 radical (unpaired) electrons. The Labute approximate surface area is 142 Å². The monoisotopic (exact) mass is 336 g/mol. The number of carbonyl (C=O) groups excluding carboxylic acids is 1. The van der Waals surface area contributed by atoms with Crippen molar-refractivity contribution < 1.29 is 23.1 Å². The first-order valence-corrected chi connectivity index (χ1v) is 7.69. The Bertz CT molecular complexity index is 1050. The molecule has 4 nitrogen and oxygen atoms in total. The van der Waals surface area contributed by atoms with E-state index in [0.717, 1.165) is 21.9 Å². The van der Waals surface area contributed by atoms with Gasteiger partial charge >= 0.3 is 5.97 Å². The number of ether oxygens (including phenoxy) is 2. The van der Waals surface area contributed by atoms with Gasteiger partial charge in [0.1, 0.15) is 28.5 Å². The van der Waals surface area contributed by atoms with Crippen LogP contribution in [0.1, 0.15) is 0 Å². The molecule has 0 atom stereocenters. The van der Waals surface area contributed by atoms with Crippen LogP contribution in [0.4, 0.5) is 4.39 Å². The van der Waals surface area contributed by atoms with Crippen molar-refractivity contribution >= 4 is 27.9 Å². The Morgan fingerprint density at radius 3 is 2.44 bits per heavy atom. The molecular weight excluding hydrogens is 323 g/mol. The molecule has 25 heavy (non-hydrogen) atoms. The van der Waals surface area contributed by atoms with Crippen molar-refractivity contribution in [3.63, 3.8) is 0 Å². The topological polar surface area (TPSA) is 48.7 Å². The van der Waals surface area contributed by atoms with Crippen LogP contribution in [0.2, 0.25) is 0 Å². The number of furan rings is 1. The fraction of sp³-hybridized carbons (Fsp3) is 0.0500. The molecule has 0 N–H and O–H groups in total. The molecule has 4 aromatic rings. The number of esters is 1.